The molecule has 0 bridgehead atoms. The molecular weight excluding hydrogens is 384 g/mol. The molecule has 7 nitrogen and oxygen atoms in total. The number of carbonyl (C=O) groups is 2. The van der Waals surface area contributed by atoms with E-state index in [1.807, 2.05) is 0 Å². The molecule has 1 saturated carbocycles. The Morgan fingerprint density at radius 2 is 1.97 bits per heavy atom. The van der Waals surface area contributed by atoms with Crippen LogP contribution in [-0.2, 0) is 14.3 Å². The van der Waals surface area contributed by atoms with E-state index in [0.717, 1.165) is 17.9 Å². The number of ether oxygens (including phenoxy) is 1. The number of hydrogen-bond donors (Lipinski definition) is 4. The molecule has 0 radical (unpaired) electrons. The van der Waals surface area contributed by atoms with E-state index in [9.17, 15) is 14.7 Å². The van der Waals surface area contributed by atoms with Gasteiger partial charge in [-0.15, -0.1) is 0 Å². The standard InChI is InChI=1S/C21H32N2O4.C2H6O/c1-15(8-9-17-6-4-3-5-7-17)22-13-21(27-16(2)25)18-10-11-20(26)19(12-18)23-14-24;1-2-3/h10-12,14-15,17,21-22,26H,3-9,13H2,1-2H3,(H,23,24);3H,2H2,1H3. The van der Waals surface area contributed by atoms with Crippen LogP contribution in [0, 0.1) is 5.92 Å². The Bertz CT molecular complexity index is 632. The van der Waals surface area contributed by atoms with Gasteiger partial charge in [-0.25, -0.2) is 0 Å². The monoisotopic (exact) mass is 422 g/mol. The van der Waals surface area contributed by atoms with Gasteiger partial charge >= 0.3 is 5.97 Å². The Kier molecular flexibility index (Phi) is 12.8. The average Bonchev–Trinajstić information content (AvgIpc) is 2.72. The summed E-state index contributed by atoms with van der Waals surface area (Å²) in [5.74, 6) is 0.456. The van der Waals surface area contributed by atoms with Crippen LogP contribution in [0.1, 0.15) is 77.4 Å². The van der Waals surface area contributed by atoms with Crippen molar-refractivity contribution in [2.75, 3.05) is 18.5 Å². The molecule has 2 unspecified atom stereocenters. The lowest BCUT2D eigenvalue weighted by Crippen LogP contribution is -2.32. The first kappa shape index (κ1) is 25.9. The third kappa shape index (κ3) is 10.1. The highest BCUT2D eigenvalue weighted by Crippen LogP contribution is 2.29. The summed E-state index contributed by atoms with van der Waals surface area (Å²) < 4.78 is 5.46. The van der Waals surface area contributed by atoms with Crippen LogP contribution >= 0.6 is 0 Å². The van der Waals surface area contributed by atoms with Crippen LogP contribution in [0.5, 0.6) is 5.75 Å². The van der Waals surface area contributed by atoms with Crippen LogP contribution in [0.25, 0.3) is 0 Å². The van der Waals surface area contributed by atoms with Gasteiger partial charge in [0.15, 0.2) is 0 Å². The fourth-order valence-electron chi connectivity index (χ4n) is 3.73. The summed E-state index contributed by atoms with van der Waals surface area (Å²) in [5.41, 5.74) is 1.02. The molecule has 1 aromatic rings. The number of amides is 1. The highest BCUT2D eigenvalue weighted by molar-refractivity contribution is 5.75. The third-order valence-corrected chi connectivity index (χ3v) is 5.30. The number of esters is 1. The molecule has 1 aliphatic rings. The first-order chi connectivity index (χ1) is 14.4. The van der Waals surface area contributed by atoms with Gasteiger partial charge in [0.1, 0.15) is 11.9 Å². The Hall–Kier alpha value is -2.12. The molecule has 0 aliphatic heterocycles. The van der Waals surface area contributed by atoms with Gasteiger partial charge in [0.25, 0.3) is 0 Å². The van der Waals surface area contributed by atoms with Crippen molar-refractivity contribution in [3.05, 3.63) is 23.8 Å². The molecule has 4 N–H and O–H groups in total. The molecule has 0 aromatic heterocycles. The van der Waals surface area contributed by atoms with Gasteiger partial charge in [-0.3, -0.25) is 9.59 Å². The van der Waals surface area contributed by atoms with Gasteiger partial charge in [-0.05, 0) is 50.3 Å². The molecule has 0 spiro atoms. The summed E-state index contributed by atoms with van der Waals surface area (Å²) in [6, 6.07) is 5.15. The number of benzene rings is 1. The van der Waals surface area contributed by atoms with Crippen LogP contribution in [0.2, 0.25) is 0 Å². The topological polar surface area (TPSA) is 108 Å². The predicted molar refractivity (Wildman–Crippen MR) is 118 cm³/mol. The molecule has 7 heteroatoms. The minimum atomic E-state index is -0.479. The van der Waals surface area contributed by atoms with Gasteiger partial charge in [0.2, 0.25) is 6.41 Å². The molecule has 2 atom stereocenters. The van der Waals surface area contributed by atoms with Crippen molar-refractivity contribution in [1.82, 2.24) is 5.32 Å². The number of carbonyl (C=O) groups excluding carboxylic acids is 2. The van der Waals surface area contributed by atoms with Gasteiger partial charge in [-0.2, -0.15) is 0 Å². The third-order valence-electron chi connectivity index (χ3n) is 5.30. The number of anilines is 1. The van der Waals surface area contributed by atoms with Crippen molar-refractivity contribution < 1.29 is 24.5 Å². The highest BCUT2D eigenvalue weighted by atomic mass is 16.5. The number of aliphatic hydroxyl groups is 1. The Morgan fingerprint density at radius 3 is 2.57 bits per heavy atom. The Balaban J connectivity index is 0.00000141. The van der Waals surface area contributed by atoms with Gasteiger partial charge in [0, 0.05) is 26.1 Å². The van der Waals surface area contributed by atoms with E-state index >= 15 is 0 Å². The fourth-order valence-corrected chi connectivity index (χ4v) is 3.73. The number of phenolic OH excluding ortho intramolecular Hbond substituents is 1. The number of rotatable bonds is 10. The van der Waals surface area contributed by atoms with Crippen molar-refractivity contribution in [3.8, 4) is 5.75 Å². The minimum Gasteiger partial charge on any atom is -0.506 e. The normalized spacial score (nSPS) is 16.0. The molecule has 0 saturated heterocycles. The average molecular weight is 423 g/mol. The van der Waals surface area contributed by atoms with E-state index < -0.39 is 6.10 Å². The second kappa shape index (κ2) is 14.8. The lowest BCUT2D eigenvalue weighted by atomic mass is 9.85. The molecule has 1 amide bonds. The Labute approximate surface area is 180 Å². The summed E-state index contributed by atoms with van der Waals surface area (Å²) in [5, 5.41) is 23.3. The lowest BCUT2D eigenvalue weighted by molar-refractivity contribution is -0.146. The Morgan fingerprint density at radius 1 is 1.30 bits per heavy atom. The highest BCUT2D eigenvalue weighted by Gasteiger charge is 2.19. The summed E-state index contributed by atoms with van der Waals surface area (Å²) in [6.45, 7) is 5.95. The van der Waals surface area contributed by atoms with Crippen LogP contribution < -0.4 is 10.6 Å². The van der Waals surface area contributed by atoms with E-state index in [1.165, 1.54) is 51.5 Å². The second-order valence-corrected chi connectivity index (χ2v) is 7.84. The van der Waals surface area contributed by atoms with Crippen molar-refractivity contribution in [1.29, 1.82) is 0 Å². The molecule has 30 heavy (non-hydrogen) atoms. The molecule has 1 aliphatic carbocycles. The van der Waals surface area contributed by atoms with Gasteiger partial charge < -0.3 is 25.6 Å². The summed E-state index contributed by atoms with van der Waals surface area (Å²) in [7, 11) is 0. The minimum absolute atomic E-state index is 0.0266. The fraction of sp³-hybridized carbons (Fsp3) is 0.652. The molecule has 0 heterocycles. The summed E-state index contributed by atoms with van der Waals surface area (Å²) >= 11 is 0. The maximum Gasteiger partial charge on any atom is 0.303 e. The molecule has 2 rings (SSSR count). The van der Waals surface area contributed by atoms with Crippen LogP contribution in [0.4, 0.5) is 5.69 Å². The van der Waals surface area contributed by atoms with Crippen molar-refractivity contribution in [3.63, 3.8) is 0 Å². The molecule has 1 fully saturated rings. The molecular formula is C23H38N2O5. The van der Waals surface area contributed by atoms with Gasteiger partial charge in [-0.1, -0.05) is 38.2 Å². The number of phenols is 1. The van der Waals surface area contributed by atoms with Crippen molar-refractivity contribution >= 4 is 18.1 Å². The van der Waals surface area contributed by atoms with Gasteiger partial charge in [0.05, 0.1) is 5.69 Å². The van der Waals surface area contributed by atoms with Crippen LogP contribution in [-0.4, -0.2) is 41.8 Å². The lowest BCUT2D eigenvalue weighted by Gasteiger charge is -2.25. The van der Waals surface area contributed by atoms with E-state index in [0.29, 0.717) is 24.7 Å². The number of nitrogens with one attached hydrogen (secondary N) is 2. The predicted octanol–water partition coefficient (Wildman–Crippen LogP) is 3.90. The number of hydrogen-bond acceptors (Lipinski definition) is 6. The SMILES string of the molecule is CC(=O)OC(CNC(C)CCC1CCCCC1)c1ccc(O)c(NC=O)c1.CCO. The zero-order chi connectivity index (χ0) is 22.4. The van der Waals surface area contributed by atoms with E-state index in [-0.39, 0.29) is 18.3 Å². The number of aliphatic hydroxyl groups excluding tert-OH is 1. The second-order valence-electron chi connectivity index (χ2n) is 7.84. The first-order valence-corrected chi connectivity index (χ1v) is 11.0. The number of aromatic hydroxyl groups is 1. The molecule has 170 valence electrons. The zero-order valence-electron chi connectivity index (χ0n) is 18.5. The van der Waals surface area contributed by atoms with Crippen LogP contribution in [0.3, 0.4) is 0 Å². The summed E-state index contributed by atoms with van der Waals surface area (Å²) in [6.07, 6.45) is 9.16. The smallest absolute Gasteiger partial charge is 0.303 e. The van der Waals surface area contributed by atoms with Crippen molar-refractivity contribution in [2.45, 2.75) is 77.9 Å². The first-order valence-electron chi connectivity index (χ1n) is 11.0. The zero-order valence-corrected chi connectivity index (χ0v) is 18.5. The van der Waals surface area contributed by atoms with Crippen LogP contribution in [0.15, 0.2) is 18.2 Å². The maximum absolute atomic E-state index is 11.5. The quantitative estimate of drug-likeness (QED) is 0.259. The molecule has 1 aromatic carbocycles. The largest absolute Gasteiger partial charge is 0.506 e. The van der Waals surface area contributed by atoms with E-state index in [2.05, 4.69) is 17.6 Å². The maximum atomic E-state index is 11.5. The van der Waals surface area contributed by atoms with E-state index in [4.69, 9.17) is 9.84 Å². The van der Waals surface area contributed by atoms with E-state index in [1.54, 1.807) is 19.1 Å². The summed E-state index contributed by atoms with van der Waals surface area (Å²) in [4.78, 5) is 22.2. The van der Waals surface area contributed by atoms with Crippen molar-refractivity contribution in [2.24, 2.45) is 5.92 Å².